The van der Waals surface area contributed by atoms with Gasteiger partial charge in [0.25, 0.3) is 0 Å². The quantitative estimate of drug-likeness (QED) is 0.0799. The van der Waals surface area contributed by atoms with Crippen molar-refractivity contribution in [2.75, 3.05) is 13.2 Å². The van der Waals surface area contributed by atoms with Gasteiger partial charge in [-0.2, -0.15) is 0 Å². The Hall–Kier alpha value is -3.08. The molecular formula is C65H94O13. The summed E-state index contributed by atoms with van der Waals surface area (Å²) in [4.78, 5) is 27.7. The number of aliphatic hydroxyl groups excluding tert-OH is 3. The third-order valence-corrected chi connectivity index (χ3v) is 23.4. The van der Waals surface area contributed by atoms with E-state index in [1.54, 1.807) is 0 Å². The molecule has 24 atom stereocenters. The highest BCUT2D eigenvalue weighted by atomic mass is 16.8. The van der Waals surface area contributed by atoms with Crippen molar-refractivity contribution in [1.82, 2.24) is 0 Å². The van der Waals surface area contributed by atoms with Crippen LogP contribution in [0.3, 0.4) is 0 Å². The van der Waals surface area contributed by atoms with Gasteiger partial charge in [-0.1, -0.05) is 148 Å². The zero-order valence-corrected chi connectivity index (χ0v) is 48.6. The van der Waals surface area contributed by atoms with Crippen molar-refractivity contribution in [1.29, 1.82) is 0 Å². The number of carboxylic acids is 1. The van der Waals surface area contributed by atoms with Gasteiger partial charge in [-0.05, 0) is 132 Å². The Morgan fingerprint density at radius 1 is 0.692 bits per heavy atom. The zero-order valence-electron chi connectivity index (χ0n) is 48.6. The minimum atomic E-state index is -1.23. The molecule has 432 valence electrons. The Kier molecular flexibility index (Phi) is 16.3. The number of aliphatic hydroxyl groups is 3. The average molecular weight is 1080 g/mol. The molecule has 0 radical (unpaired) electrons. The minimum absolute atomic E-state index is 0.0367. The summed E-state index contributed by atoms with van der Waals surface area (Å²) in [5, 5.41) is 48.1. The Balaban J connectivity index is 0.978. The third-order valence-electron chi connectivity index (χ3n) is 23.4. The molecule has 9 unspecified atom stereocenters. The van der Waals surface area contributed by atoms with Crippen LogP contribution >= 0.6 is 0 Å². The van der Waals surface area contributed by atoms with E-state index < -0.39 is 89.9 Å². The molecule has 2 aromatic rings. The number of hydrogen-bond donors (Lipinski definition) is 4. The molecule has 0 aromatic heterocycles. The molecule has 7 fully saturated rings. The van der Waals surface area contributed by atoms with Crippen LogP contribution in [0.2, 0.25) is 0 Å². The van der Waals surface area contributed by atoms with Crippen LogP contribution in [0.5, 0.6) is 0 Å². The smallest absolute Gasteiger partial charge is 0.312 e. The molecule has 10 rings (SSSR count). The molecule has 13 nitrogen and oxygen atoms in total. The van der Waals surface area contributed by atoms with Gasteiger partial charge in [0, 0.05) is 12.3 Å². The topological polar surface area (TPSA) is 180 Å². The van der Waals surface area contributed by atoms with E-state index in [0.29, 0.717) is 44.8 Å². The van der Waals surface area contributed by atoms with Gasteiger partial charge in [0.2, 0.25) is 0 Å². The molecule has 78 heavy (non-hydrogen) atoms. The largest absolute Gasteiger partial charge is 0.481 e. The molecule has 3 heterocycles. The fourth-order valence-corrected chi connectivity index (χ4v) is 17.5. The summed E-state index contributed by atoms with van der Waals surface area (Å²) in [6.07, 6.45) is -0.636. The Morgan fingerprint density at radius 2 is 1.36 bits per heavy atom. The van der Waals surface area contributed by atoms with E-state index in [4.69, 9.17) is 33.2 Å². The van der Waals surface area contributed by atoms with Gasteiger partial charge in [-0.25, -0.2) is 0 Å². The van der Waals surface area contributed by atoms with Gasteiger partial charge in [-0.15, -0.1) is 0 Å². The van der Waals surface area contributed by atoms with Crippen molar-refractivity contribution in [3.05, 3.63) is 83.4 Å². The molecule has 3 saturated heterocycles. The van der Waals surface area contributed by atoms with E-state index in [1.807, 2.05) is 67.6 Å². The van der Waals surface area contributed by atoms with Crippen LogP contribution in [0.15, 0.2) is 72.3 Å². The first kappa shape index (κ1) is 58.1. The van der Waals surface area contributed by atoms with Crippen LogP contribution in [0.4, 0.5) is 0 Å². The number of rotatable bonds is 14. The number of aliphatic carboxylic acids is 1. The van der Waals surface area contributed by atoms with Crippen molar-refractivity contribution < 1.29 is 63.2 Å². The highest BCUT2D eigenvalue weighted by molar-refractivity contribution is 5.77. The first-order valence-electron chi connectivity index (χ1n) is 29.9. The maximum Gasteiger partial charge on any atom is 0.312 e. The predicted octanol–water partition coefficient (Wildman–Crippen LogP) is 10.3. The fourth-order valence-electron chi connectivity index (χ4n) is 17.5. The second-order valence-electron chi connectivity index (χ2n) is 28.0. The van der Waals surface area contributed by atoms with Crippen LogP contribution in [0.25, 0.3) is 0 Å². The maximum atomic E-state index is 14.3. The van der Waals surface area contributed by atoms with Crippen LogP contribution in [0.1, 0.15) is 145 Å². The second kappa shape index (κ2) is 21.9. The summed E-state index contributed by atoms with van der Waals surface area (Å²) >= 11 is 0. The van der Waals surface area contributed by atoms with Gasteiger partial charge in [0.05, 0.1) is 49.7 Å². The first-order chi connectivity index (χ1) is 36.9. The monoisotopic (exact) mass is 1080 g/mol. The molecule has 13 heteroatoms. The maximum absolute atomic E-state index is 14.3. The lowest BCUT2D eigenvalue weighted by molar-refractivity contribution is -0.387. The summed E-state index contributed by atoms with van der Waals surface area (Å²) in [6.45, 7) is 25.3. The van der Waals surface area contributed by atoms with E-state index in [0.717, 1.165) is 55.9 Å². The molecule has 8 aliphatic rings. The Morgan fingerprint density at radius 3 is 2.04 bits per heavy atom. The van der Waals surface area contributed by atoms with E-state index >= 15 is 0 Å². The number of aldehydes is 1. The van der Waals surface area contributed by atoms with Crippen LogP contribution < -0.4 is 0 Å². The Bertz CT molecular complexity index is 2450. The van der Waals surface area contributed by atoms with Crippen LogP contribution in [-0.2, 0) is 55.8 Å². The number of fused-ring (bicyclic) bond motifs is 7. The lowest BCUT2D eigenvalue weighted by Crippen LogP contribution is -2.68. The molecule has 0 amide bonds. The average Bonchev–Trinajstić information content (AvgIpc) is 3.50. The minimum Gasteiger partial charge on any atom is -0.481 e. The molecule has 4 saturated carbocycles. The van der Waals surface area contributed by atoms with Crippen LogP contribution in [0, 0.1) is 79.8 Å². The van der Waals surface area contributed by atoms with Gasteiger partial charge < -0.3 is 58.4 Å². The van der Waals surface area contributed by atoms with Gasteiger partial charge in [0.15, 0.2) is 18.9 Å². The highest BCUT2D eigenvalue weighted by Gasteiger charge is 2.72. The molecule has 0 bridgehead atoms. The number of hydrogen-bond acceptors (Lipinski definition) is 12. The molecular weight excluding hydrogens is 989 g/mol. The Labute approximate surface area is 464 Å². The van der Waals surface area contributed by atoms with E-state index in [2.05, 4.69) is 75.3 Å². The molecule has 2 aromatic carbocycles. The van der Waals surface area contributed by atoms with Crippen molar-refractivity contribution in [3.8, 4) is 0 Å². The van der Waals surface area contributed by atoms with E-state index in [1.165, 1.54) is 5.57 Å². The van der Waals surface area contributed by atoms with E-state index in [9.17, 15) is 30.0 Å². The van der Waals surface area contributed by atoms with Crippen LogP contribution in [-0.4, -0.2) is 114 Å². The molecule has 4 N–H and O–H groups in total. The fraction of sp³-hybridized carbons (Fsp3) is 0.754. The third kappa shape index (κ3) is 9.83. The lowest BCUT2D eigenvalue weighted by atomic mass is 9.33. The van der Waals surface area contributed by atoms with Crippen molar-refractivity contribution in [3.63, 3.8) is 0 Å². The number of carbonyl (C=O) groups is 2. The van der Waals surface area contributed by atoms with Gasteiger partial charge in [-0.3, -0.25) is 4.79 Å². The first-order valence-corrected chi connectivity index (χ1v) is 29.9. The lowest BCUT2D eigenvalue weighted by Gasteiger charge is -2.71. The van der Waals surface area contributed by atoms with E-state index in [-0.39, 0.29) is 64.3 Å². The number of ether oxygens (including phenoxy) is 7. The predicted molar refractivity (Wildman–Crippen MR) is 294 cm³/mol. The summed E-state index contributed by atoms with van der Waals surface area (Å²) < 4.78 is 48.1. The second-order valence-corrected chi connectivity index (χ2v) is 28.0. The summed E-state index contributed by atoms with van der Waals surface area (Å²) in [6, 6.07) is 19.9. The number of carbonyl (C=O) groups excluding carboxylic acids is 1. The SMILES string of the molecule is CC1[C@H](O[C@@H]2C(O[C@@H]3OC(COCc4ccccc4)[C@H](C)[C@H](C)C3O)[C@H](O[C@H]3CCC4(C)C5CC=C6C7CC(C)(C)CC[C@]7(C(=O)O)C(O)C[C@@]6(C)[C@@]5(C)CC[C@H]4[C@@]3(C)C=O)OC(Cc3ccccc3)[C@H]2O)OC[C@@H](C)[C@@H]1C. The van der Waals surface area contributed by atoms with Crippen molar-refractivity contribution >= 4 is 12.3 Å². The normalized spacial score (nSPS) is 48.0. The van der Waals surface area contributed by atoms with Gasteiger partial charge in [0.1, 0.15) is 36.1 Å². The van der Waals surface area contributed by atoms with Crippen molar-refractivity contribution in [2.45, 2.75) is 215 Å². The highest BCUT2D eigenvalue weighted by Crippen LogP contribution is 2.76. The van der Waals surface area contributed by atoms with Gasteiger partial charge >= 0.3 is 5.97 Å². The zero-order chi connectivity index (χ0) is 55.9. The number of benzene rings is 2. The van der Waals surface area contributed by atoms with Crippen molar-refractivity contribution in [2.24, 2.45) is 79.8 Å². The summed E-state index contributed by atoms with van der Waals surface area (Å²) in [7, 11) is 0. The standard InChI is InChI=1S/C65H94O13/c1-37-33-73-56(41(5)38(37)2)77-54-53(69)46(30-42-18-14-12-15-19-42)74-58(55(54)78-57-52(68)40(4)39(3)47(75-57)35-72-34-43-20-16-13-17-21-43)76-51-25-26-61(8)48(62(51,9)36-66)24-27-63(10)49(61)23-22-44-45-31-60(6,7)28-29-65(45,59(70)71)50(67)32-64(44,63)11/h12-22,36-41,45-58,67-69H,23-35H2,1-11H3,(H,70,71)/t37-,38+,39-,40+,41?,45?,46?,47?,48-,49?,50?,51+,52?,53-,54+,55?,56+,57+,58+,61?,62-,63+,64-,65-/m1/s1. The number of carboxylic acid groups (broad SMARTS) is 1. The molecule has 0 spiro atoms. The molecule has 3 aliphatic heterocycles. The molecule has 5 aliphatic carbocycles. The number of allylic oxidation sites excluding steroid dienone is 2. The summed E-state index contributed by atoms with van der Waals surface area (Å²) in [5.74, 6) is -0.922. The summed E-state index contributed by atoms with van der Waals surface area (Å²) in [5.41, 5.74) is -0.0735.